The zero-order valence-corrected chi connectivity index (χ0v) is 22.6. The zero-order chi connectivity index (χ0) is 26.4. The molecule has 4 rings (SSSR count). The number of ether oxygens (including phenoxy) is 2. The Labute approximate surface area is 222 Å². The van der Waals surface area contributed by atoms with E-state index in [2.05, 4.69) is 17.9 Å². The highest BCUT2D eigenvalue weighted by atomic mass is 32.2. The Morgan fingerprint density at radius 3 is 2.49 bits per heavy atom. The van der Waals surface area contributed by atoms with E-state index in [0.29, 0.717) is 29.4 Å². The van der Waals surface area contributed by atoms with Crippen molar-refractivity contribution in [2.24, 2.45) is 0 Å². The molecule has 0 aliphatic rings. The summed E-state index contributed by atoms with van der Waals surface area (Å²) in [5.41, 5.74) is 3.52. The molecule has 0 spiro atoms. The first-order chi connectivity index (χ1) is 17.8. The molecule has 0 N–H and O–H groups in total. The maximum absolute atomic E-state index is 12.3. The smallest absolute Gasteiger partial charge is 0.307 e. The third-order valence-electron chi connectivity index (χ3n) is 5.90. The van der Waals surface area contributed by atoms with E-state index in [9.17, 15) is 13.2 Å². The molecule has 7 heteroatoms. The van der Waals surface area contributed by atoms with Crippen LogP contribution in [0.3, 0.4) is 0 Å². The number of carbonyl (C=O) groups excluding carboxylic acids is 1. The summed E-state index contributed by atoms with van der Waals surface area (Å²) in [5.74, 6) is 6.19. The number of fused-ring (bicyclic) bond motifs is 1. The van der Waals surface area contributed by atoms with Crippen LogP contribution in [0.5, 0.6) is 5.75 Å². The van der Waals surface area contributed by atoms with Crippen LogP contribution in [0.2, 0.25) is 0 Å². The highest BCUT2D eigenvalue weighted by Crippen LogP contribution is 2.37. The quantitative estimate of drug-likeness (QED) is 0.179. The van der Waals surface area contributed by atoms with Crippen LogP contribution in [-0.2, 0) is 26.0 Å². The molecule has 1 aromatic heterocycles. The standard InChI is InChI=1S/C30H28O5S2/c1-4-8-23(18-30(31)34-5-2)22-12-14-24(15-13-22)35-19-21-11-16-28-26(17-21)27(20-36-28)25-9-6-7-10-29(25)37(3,32)33/h6-7,9-17,20,23H,5,18-19H2,1-3H3/t23-/m0/s1. The third kappa shape index (κ3) is 6.40. The van der Waals surface area contributed by atoms with E-state index in [1.807, 2.05) is 53.9 Å². The van der Waals surface area contributed by atoms with E-state index < -0.39 is 9.84 Å². The van der Waals surface area contributed by atoms with Crippen molar-refractivity contribution < 1.29 is 22.7 Å². The van der Waals surface area contributed by atoms with Gasteiger partial charge in [-0.05, 0) is 60.7 Å². The summed E-state index contributed by atoms with van der Waals surface area (Å²) in [6.07, 6.45) is 1.44. The van der Waals surface area contributed by atoms with Gasteiger partial charge in [0.25, 0.3) is 0 Å². The van der Waals surface area contributed by atoms with Crippen molar-refractivity contribution in [3.63, 3.8) is 0 Å². The SMILES string of the molecule is CC#C[C@@H](CC(=O)OCC)c1ccc(OCc2ccc3scc(-c4ccccc4S(C)(=O)=O)c3c2)cc1. The fourth-order valence-corrected chi connectivity index (χ4v) is 6.01. The van der Waals surface area contributed by atoms with E-state index in [-0.39, 0.29) is 18.3 Å². The van der Waals surface area contributed by atoms with Gasteiger partial charge in [0, 0.05) is 27.5 Å². The lowest BCUT2D eigenvalue weighted by molar-refractivity contribution is -0.143. The lowest BCUT2D eigenvalue weighted by Gasteiger charge is -2.12. The minimum absolute atomic E-state index is 0.209. The van der Waals surface area contributed by atoms with Gasteiger partial charge in [0.1, 0.15) is 12.4 Å². The summed E-state index contributed by atoms with van der Waals surface area (Å²) in [6.45, 7) is 4.25. The molecule has 37 heavy (non-hydrogen) atoms. The monoisotopic (exact) mass is 532 g/mol. The summed E-state index contributed by atoms with van der Waals surface area (Å²) < 4.78 is 36.9. The molecule has 1 atom stereocenters. The largest absolute Gasteiger partial charge is 0.489 e. The normalized spacial score (nSPS) is 12.0. The fourth-order valence-electron chi connectivity index (χ4n) is 4.16. The van der Waals surface area contributed by atoms with E-state index in [1.165, 1.54) is 6.26 Å². The minimum atomic E-state index is -3.36. The van der Waals surface area contributed by atoms with E-state index in [4.69, 9.17) is 9.47 Å². The first kappa shape index (κ1) is 26.5. The average molecular weight is 533 g/mol. The maximum atomic E-state index is 12.3. The van der Waals surface area contributed by atoms with Gasteiger partial charge in [0.05, 0.1) is 23.8 Å². The summed E-state index contributed by atoms with van der Waals surface area (Å²) >= 11 is 1.59. The van der Waals surface area contributed by atoms with Gasteiger partial charge in [0.15, 0.2) is 9.84 Å². The van der Waals surface area contributed by atoms with Gasteiger partial charge in [-0.25, -0.2) is 8.42 Å². The maximum Gasteiger partial charge on any atom is 0.307 e. The Morgan fingerprint density at radius 1 is 1.03 bits per heavy atom. The van der Waals surface area contributed by atoms with Crippen LogP contribution in [-0.4, -0.2) is 27.2 Å². The molecule has 190 valence electrons. The lowest BCUT2D eigenvalue weighted by atomic mass is 9.96. The molecule has 0 aliphatic heterocycles. The fraction of sp³-hybridized carbons (Fsp3) is 0.233. The Morgan fingerprint density at radius 2 is 1.78 bits per heavy atom. The Hall–Kier alpha value is -3.60. The van der Waals surface area contributed by atoms with Gasteiger partial charge in [-0.15, -0.1) is 17.3 Å². The number of rotatable bonds is 9. The van der Waals surface area contributed by atoms with Crippen LogP contribution in [0.1, 0.15) is 37.3 Å². The van der Waals surface area contributed by atoms with Crippen molar-refractivity contribution in [3.8, 4) is 28.7 Å². The van der Waals surface area contributed by atoms with Crippen LogP contribution in [0, 0.1) is 11.8 Å². The first-order valence-electron chi connectivity index (χ1n) is 11.9. The Balaban J connectivity index is 1.52. The number of carbonyl (C=O) groups is 1. The summed E-state index contributed by atoms with van der Waals surface area (Å²) in [5, 5.41) is 3.00. The van der Waals surface area contributed by atoms with Crippen molar-refractivity contribution in [3.05, 3.63) is 83.2 Å². The van der Waals surface area contributed by atoms with Crippen molar-refractivity contribution in [2.75, 3.05) is 12.9 Å². The number of benzene rings is 3. The van der Waals surface area contributed by atoms with Gasteiger partial charge in [-0.2, -0.15) is 0 Å². The molecule has 0 unspecified atom stereocenters. The summed E-state index contributed by atoms with van der Waals surface area (Å²) in [6, 6.07) is 20.8. The van der Waals surface area contributed by atoms with Crippen molar-refractivity contribution in [2.45, 2.75) is 37.7 Å². The molecule has 0 saturated carbocycles. The predicted octanol–water partition coefficient (Wildman–Crippen LogP) is 6.61. The van der Waals surface area contributed by atoms with Crippen molar-refractivity contribution >= 4 is 37.2 Å². The van der Waals surface area contributed by atoms with E-state index in [0.717, 1.165) is 26.8 Å². The number of esters is 1. The van der Waals surface area contributed by atoms with Crippen LogP contribution in [0.4, 0.5) is 0 Å². The lowest BCUT2D eigenvalue weighted by Crippen LogP contribution is -2.09. The molecule has 0 saturated heterocycles. The van der Waals surface area contributed by atoms with Gasteiger partial charge < -0.3 is 9.47 Å². The average Bonchev–Trinajstić information content (AvgIpc) is 3.30. The number of sulfone groups is 1. The molecule has 0 amide bonds. The molecular formula is C30H28O5S2. The minimum Gasteiger partial charge on any atom is -0.489 e. The van der Waals surface area contributed by atoms with Gasteiger partial charge in [-0.3, -0.25) is 4.79 Å². The second-order valence-corrected chi connectivity index (χ2v) is 11.5. The van der Waals surface area contributed by atoms with Crippen LogP contribution in [0.15, 0.2) is 77.0 Å². The van der Waals surface area contributed by atoms with Gasteiger partial charge >= 0.3 is 5.97 Å². The molecule has 3 aromatic carbocycles. The van der Waals surface area contributed by atoms with Gasteiger partial charge in [-0.1, -0.05) is 42.3 Å². The molecule has 4 aromatic rings. The van der Waals surface area contributed by atoms with Crippen molar-refractivity contribution in [1.29, 1.82) is 0 Å². The molecule has 1 heterocycles. The second kappa shape index (κ2) is 11.6. The molecule has 0 bridgehead atoms. The summed E-state index contributed by atoms with van der Waals surface area (Å²) in [4.78, 5) is 12.3. The molecule has 0 fully saturated rings. The van der Waals surface area contributed by atoms with Crippen LogP contribution < -0.4 is 4.74 Å². The third-order valence-corrected chi connectivity index (χ3v) is 8.02. The molecule has 5 nitrogen and oxygen atoms in total. The van der Waals surface area contributed by atoms with Crippen LogP contribution >= 0.6 is 11.3 Å². The van der Waals surface area contributed by atoms with E-state index in [1.54, 1.807) is 37.3 Å². The molecule has 0 aliphatic carbocycles. The summed E-state index contributed by atoms with van der Waals surface area (Å²) in [7, 11) is -3.36. The highest BCUT2D eigenvalue weighted by Gasteiger charge is 2.17. The molecule has 0 radical (unpaired) electrons. The predicted molar refractivity (Wildman–Crippen MR) is 149 cm³/mol. The number of thiophene rings is 1. The highest BCUT2D eigenvalue weighted by molar-refractivity contribution is 7.90. The zero-order valence-electron chi connectivity index (χ0n) is 21.0. The van der Waals surface area contributed by atoms with Crippen molar-refractivity contribution in [1.82, 2.24) is 0 Å². The number of hydrogen-bond acceptors (Lipinski definition) is 6. The first-order valence-corrected chi connectivity index (χ1v) is 14.7. The van der Waals surface area contributed by atoms with Crippen LogP contribution in [0.25, 0.3) is 21.2 Å². The van der Waals surface area contributed by atoms with E-state index >= 15 is 0 Å². The topological polar surface area (TPSA) is 69.7 Å². The Kier molecular flexibility index (Phi) is 8.32. The second-order valence-electron chi connectivity index (χ2n) is 8.56. The Bertz CT molecular complexity index is 1570. The molecular weight excluding hydrogens is 504 g/mol. The number of hydrogen-bond donors (Lipinski definition) is 0. The van der Waals surface area contributed by atoms with Gasteiger partial charge in [0.2, 0.25) is 0 Å².